The molecule has 7 rings (SSSR count). The standard InChI is InChI=1S/C37H34N2O3S/c1-21(2)18-24-12-14-25(15-13-24)34(40)32-33(35(41)30-10-7-17-43-30)39-29-16-11-22(3)19-26(29)23(4)20-31(39)37(32)27-8-5-6-9-28(27)38-36(37)42/h5-17,19-21,31-33H,18H2,1-4H3,(H,38,42)/t31-,32+,33-,37+/m0/s1. The first-order valence-corrected chi connectivity index (χ1v) is 15.8. The van der Waals surface area contributed by atoms with E-state index >= 15 is 0 Å². The molecule has 5 nitrogen and oxygen atoms in total. The minimum atomic E-state index is -1.30. The minimum Gasteiger partial charge on any atom is -0.352 e. The van der Waals surface area contributed by atoms with Crippen molar-refractivity contribution in [3.05, 3.63) is 123 Å². The first-order chi connectivity index (χ1) is 20.7. The van der Waals surface area contributed by atoms with E-state index in [1.165, 1.54) is 11.3 Å². The van der Waals surface area contributed by atoms with E-state index in [-0.39, 0.29) is 17.5 Å². The molecule has 43 heavy (non-hydrogen) atoms. The topological polar surface area (TPSA) is 66.5 Å². The second-order valence-corrected chi connectivity index (χ2v) is 13.5. The molecule has 1 fully saturated rings. The van der Waals surface area contributed by atoms with E-state index < -0.39 is 23.4 Å². The molecule has 1 N–H and O–H groups in total. The number of ketones is 2. The smallest absolute Gasteiger partial charge is 0.238 e. The Morgan fingerprint density at radius 1 is 0.953 bits per heavy atom. The van der Waals surface area contributed by atoms with Crippen molar-refractivity contribution in [3.8, 4) is 0 Å². The maximum absolute atomic E-state index is 15.0. The fourth-order valence-corrected chi connectivity index (χ4v) is 8.26. The van der Waals surface area contributed by atoms with Gasteiger partial charge in [0.2, 0.25) is 5.91 Å². The van der Waals surface area contributed by atoms with Crippen LogP contribution in [0.5, 0.6) is 0 Å². The van der Waals surface area contributed by atoms with Crippen molar-refractivity contribution < 1.29 is 14.4 Å². The molecule has 0 bridgehead atoms. The Morgan fingerprint density at radius 3 is 2.44 bits per heavy atom. The Balaban J connectivity index is 1.50. The van der Waals surface area contributed by atoms with E-state index in [1.54, 1.807) is 0 Å². The molecule has 0 radical (unpaired) electrons. The number of para-hydroxylation sites is 1. The summed E-state index contributed by atoms with van der Waals surface area (Å²) in [6, 6.07) is 23.9. The zero-order valence-electron chi connectivity index (χ0n) is 24.8. The molecule has 0 aliphatic carbocycles. The third kappa shape index (κ3) is 4.07. The molecule has 0 unspecified atom stereocenters. The molecular formula is C37H34N2O3S. The highest BCUT2D eigenvalue weighted by Gasteiger charge is 2.70. The summed E-state index contributed by atoms with van der Waals surface area (Å²) in [6.45, 7) is 8.45. The lowest BCUT2D eigenvalue weighted by molar-refractivity contribution is -0.121. The Bertz CT molecular complexity index is 1800. The molecule has 1 saturated heterocycles. The molecule has 216 valence electrons. The maximum atomic E-state index is 15.0. The van der Waals surface area contributed by atoms with Crippen LogP contribution >= 0.6 is 11.3 Å². The Hall–Kier alpha value is -4.29. The molecular weight excluding hydrogens is 552 g/mol. The summed E-state index contributed by atoms with van der Waals surface area (Å²) in [5, 5.41) is 5.00. The van der Waals surface area contributed by atoms with Gasteiger partial charge in [-0.15, -0.1) is 11.3 Å². The van der Waals surface area contributed by atoms with Gasteiger partial charge in [-0.25, -0.2) is 0 Å². The number of fused-ring (bicyclic) bond motifs is 6. The van der Waals surface area contributed by atoms with Crippen molar-refractivity contribution >= 4 is 45.8 Å². The lowest BCUT2D eigenvalue weighted by Crippen LogP contribution is -2.51. The number of hydrogen-bond donors (Lipinski definition) is 1. The molecule has 6 heteroatoms. The molecule has 4 heterocycles. The van der Waals surface area contributed by atoms with Gasteiger partial charge in [0, 0.05) is 22.5 Å². The lowest BCUT2D eigenvalue weighted by atomic mass is 9.64. The monoisotopic (exact) mass is 586 g/mol. The predicted molar refractivity (Wildman–Crippen MR) is 173 cm³/mol. The van der Waals surface area contributed by atoms with Crippen molar-refractivity contribution in [2.45, 2.75) is 51.6 Å². The zero-order valence-corrected chi connectivity index (χ0v) is 25.6. The zero-order chi connectivity index (χ0) is 30.0. The summed E-state index contributed by atoms with van der Waals surface area (Å²) in [5.41, 5.74) is 5.88. The summed E-state index contributed by atoms with van der Waals surface area (Å²) in [7, 11) is 0. The van der Waals surface area contributed by atoms with Crippen LogP contribution in [0.2, 0.25) is 0 Å². The van der Waals surface area contributed by atoms with Crippen molar-refractivity contribution in [1.82, 2.24) is 0 Å². The van der Waals surface area contributed by atoms with Crippen molar-refractivity contribution in [3.63, 3.8) is 0 Å². The Kier molecular flexibility index (Phi) is 6.51. The second kappa shape index (κ2) is 10.2. The number of carbonyl (C=O) groups is 3. The third-order valence-corrected chi connectivity index (χ3v) is 10.2. The van der Waals surface area contributed by atoms with Crippen LogP contribution in [0.1, 0.15) is 63.1 Å². The number of rotatable bonds is 6. The van der Waals surface area contributed by atoms with E-state index in [0.29, 0.717) is 22.0 Å². The SMILES string of the molecule is CC1=C[C@@H]2N(c3ccc(C)cc31)[C@H](C(=O)c1cccs1)[C@H](C(=O)c1ccc(CC(C)C)cc1)[C@]21C(=O)Nc2ccccc21. The maximum Gasteiger partial charge on any atom is 0.238 e. The summed E-state index contributed by atoms with van der Waals surface area (Å²) < 4.78 is 0. The number of carbonyl (C=O) groups excluding carboxylic acids is 3. The van der Waals surface area contributed by atoms with Gasteiger partial charge >= 0.3 is 0 Å². The van der Waals surface area contributed by atoms with Crippen LogP contribution in [-0.2, 0) is 16.6 Å². The average Bonchev–Trinajstić information content (AvgIpc) is 3.70. The molecule has 3 aliphatic heterocycles. The fraction of sp³-hybridized carbons (Fsp3) is 0.270. The van der Waals surface area contributed by atoms with E-state index in [9.17, 15) is 14.4 Å². The molecule has 4 aromatic rings. The molecule has 3 aromatic carbocycles. The van der Waals surface area contributed by atoms with E-state index in [0.717, 1.165) is 39.9 Å². The lowest BCUT2D eigenvalue weighted by Gasteiger charge is -2.39. The Morgan fingerprint density at radius 2 is 1.72 bits per heavy atom. The van der Waals surface area contributed by atoms with Gasteiger partial charge in [-0.2, -0.15) is 0 Å². The van der Waals surface area contributed by atoms with E-state index in [2.05, 4.69) is 50.1 Å². The number of nitrogens with one attached hydrogen (secondary N) is 1. The molecule has 1 aromatic heterocycles. The van der Waals surface area contributed by atoms with Crippen LogP contribution in [0, 0.1) is 18.8 Å². The Labute approximate surface area is 256 Å². The predicted octanol–water partition coefficient (Wildman–Crippen LogP) is 7.50. The largest absolute Gasteiger partial charge is 0.352 e. The summed E-state index contributed by atoms with van der Waals surface area (Å²) in [6.07, 6.45) is 3.02. The fourth-order valence-electron chi connectivity index (χ4n) is 7.57. The van der Waals surface area contributed by atoms with Crippen LogP contribution in [0.25, 0.3) is 5.57 Å². The summed E-state index contributed by atoms with van der Waals surface area (Å²) >= 11 is 1.37. The first-order valence-electron chi connectivity index (χ1n) is 14.9. The number of hydrogen-bond acceptors (Lipinski definition) is 5. The molecule has 1 spiro atoms. The summed E-state index contributed by atoms with van der Waals surface area (Å²) in [4.78, 5) is 46.9. The third-order valence-electron chi connectivity index (χ3n) is 9.33. The number of aryl methyl sites for hydroxylation is 1. The van der Waals surface area contributed by atoms with Gasteiger partial charge in [-0.1, -0.05) is 80.1 Å². The van der Waals surface area contributed by atoms with Gasteiger partial charge in [0.15, 0.2) is 11.6 Å². The van der Waals surface area contributed by atoms with Gasteiger partial charge in [-0.05, 0) is 72.5 Å². The highest BCUT2D eigenvalue weighted by Crippen LogP contribution is 2.59. The first kappa shape index (κ1) is 27.5. The van der Waals surface area contributed by atoms with Gasteiger partial charge in [0.25, 0.3) is 0 Å². The molecule has 1 amide bonds. The average molecular weight is 587 g/mol. The van der Waals surface area contributed by atoms with Gasteiger partial charge < -0.3 is 10.2 Å². The highest BCUT2D eigenvalue weighted by molar-refractivity contribution is 7.12. The van der Waals surface area contributed by atoms with Gasteiger partial charge in [0.05, 0.1) is 16.8 Å². The molecule has 4 atom stereocenters. The molecule has 0 saturated carbocycles. The normalized spacial score (nSPS) is 23.6. The molecule has 3 aliphatic rings. The van der Waals surface area contributed by atoms with Crippen LogP contribution < -0.4 is 10.2 Å². The highest BCUT2D eigenvalue weighted by atomic mass is 32.1. The van der Waals surface area contributed by atoms with E-state index in [4.69, 9.17) is 0 Å². The van der Waals surface area contributed by atoms with Gasteiger partial charge in [-0.3, -0.25) is 14.4 Å². The van der Waals surface area contributed by atoms with Crippen LogP contribution in [0.3, 0.4) is 0 Å². The van der Waals surface area contributed by atoms with Crippen LogP contribution in [0.4, 0.5) is 11.4 Å². The number of anilines is 2. The number of amides is 1. The number of thiophene rings is 1. The van der Waals surface area contributed by atoms with Crippen molar-refractivity contribution in [1.29, 1.82) is 0 Å². The number of allylic oxidation sites excluding steroid dienone is 1. The number of Topliss-reactive ketones (excluding diaryl/α,β-unsaturated/α-hetero) is 2. The van der Waals surface area contributed by atoms with E-state index in [1.807, 2.05) is 78.2 Å². The van der Waals surface area contributed by atoms with Crippen LogP contribution in [-0.4, -0.2) is 29.6 Å². The second-order valence-electron chi connectivity index (χ2n) is 12.5. The minimum absolute atomic E-state index is 0.136. The van der Waals surface area contributed by atoms with Gasteiger partial charge in [0.1, 0.15) is 11.5 Å². The summed E-state index contributed by atoms with van der Waals surface area (Å²) in [5.74, 6) is -1.03. The van der Waals surface area contributed by atoms with Crippen molar-refractivity contribution in [2.75, 3.05) is 10.2 Å². The van der Waals surface area contributed by atoms with Crippen LogP contribution in [0.15, 0.2) is 90.3 Å². The number of nitrogens with zero attached hydrogens (tertiary/aromatic N) is 1. The van der Waals surface area contributed by atoms with Crippen molar-refractivity contribution in [2.24, 2.45) is 11.8 Å². The quantitative estimate of drug-likeness (QED) is 0.238. The number of benzene rings is 3.